The lowest BCUT2D eigenvalue weighted by Gasteiger charge is -2.45. The molecule has 0 aromatic heterocycles. The Morgan fingerprint density at radius 3 is 2.45 bits per heavy atom. The zero-order valence-electron chi connectivity index (χ0n) is 14.7. The first-order valence-corrected chi connectivity index (χ1v) is 8.26. The molecule has 1 saturated heterocycles. The summed E-state index contributed by atoms with van der Waals surface area (Å²) in [5.41, 5.74) is 1.65. The van der Waals surface area contributed by atoms with Crippen molar-refractivity contribution >= 4 is 5.91 Å². The van der Waals surface area contributed by atoms with Crippen LogP contribution in [0.3, 0.4) is 0 Å². The van der Waals surface area contributed by atoms with E-state index in [4.69, 9.17) is 0 Å². The molecule has 0 spiro atoms. The minimum absolute atomic E-state index is 0.132. The van der Waals surface area contributed by atoms with Crippen LogP contribution in [0, 0.1) is 5.41 Å². The van der Waals surface area contributed by atoms with E-state index >= 15 is 0 Å². The fraction of sp³-hybridized carbons (Fsp3) is 0.632. The summed E-state index contributed by atoms with van der Waals surface area (Å²) in [5, 5.41) is 0. The average molecular weight is 302 g/mol. The fourth-order valence-electron chi connectivity index (χ4n) is 3.11. The van der Waals surface area contributed by atoms with Crippen LogP contribution in [-0.4, -0.2) is 47.9 Å². The first-order chi connectivity index (χ1) is 10.2. The summed E-state index contributed by atoms with van der Waals surface area (Å²) in [6.45, 7) is 11.1. The molecule has 22 heavy (non-hydrogen) atoms. The molecule has 0 aromatic rings. The van der Waals surface area contributed by atoms with E-state index in [1.54, 1.807) is 6.92 Å². The van der Waals surface area contributed by atoms with Crippen LogP contribution in [0.2, 0.25) is 0 Å². The number of piperidine rings is 1. The number of amides is 1. The highest BCUT2D eigenvalue weighted by atomic mass is 16.2. The van der Waals surface area contributed by atoms with Gasteiger partial charge in [0.05, 0.1) is 0 Å². The van der Waals surface area contributed by atoms with Crippen LogP contribution in [-0.2, 0) is 4.79 Å². The topological polar surface area (TPSA) is 23.6 Å². The van der Waals surface area contributed by atoms with Crippen molar-refractivity contribution in [1.82, 2.24) is 9.80 Å². The molecule has 2 rings (SSSR count). The first kappa shape index (κ1) is 17.0. The van der Waals surface area contributed by atoms with Gasteiger partial charge in [0.2, 0.25) is 5.91 Å². The molecular formula is C19H30N2O. The SMILES string of the molecule is CC(=O)N1CCC(C)(N(C)CC2=CC=CC(C)(C)C=C2)CC1. The zero-order chi connectivity index (χ0) is 16.4. The summed E-state index contributed by atoms with van der Waals surface area (Å²) >= 11 is 0. The summed E-state index contributed by atoms with van der Waals surface area (Å²) in [6.07, 6.45) is 13.2. The third kappa shape index (κ3) is 4.10. The highest BCUT2D eigenvalue weighted by molar-refractivity contribution is 5.73. The lowest BCUT2D eigenvalue weighted by molar-refractivity contribution is -0.131. The number of hydrogen-bond acceptors (Lipinski definition) is 2. The Hall–Kier alpha value is -1.35. The average Bonchev–Trinajstić information content (AvgIpc) is 2.60. The highest BCUT2D eigenvalue weighted by Gasteiger charge is 2.34. The second-order valence-corrected chi connectivity index (χ2v) is 7.61. The molecule has 1 aliphatic heterocycles. The number of likely N-dealkylation sites (N-methyl/N-ethyl adjacent to an activating group) is 1. The van der Waals surface area contributed by atoms with Crippen LogP contribution < -0.4 is 0 Å². The van der Waals surface area contributed by atoms with Gasteiger partial charge in [0.1, 0.15) is 0 Å². The van der Waals surface area contributed by atoms with E-state index in [2.05, 4.69) is 63.1 Å². The van der Waals surface area contributed by atoms with Gasteiger partial charge in [-0.1, -0.05) is 44.2 Å². The fourth-order valence-corrected chi connectivity index (χ4v) is 3.11. The van der Waals surface area contributed by atoms with Gasteiger partial charge >= 0.3 is 0 Å². The monoisotopic (exact) mass is 302 g/mol. The van der Waals surface area contributed by atoms with Crippen molar-refractivity contribution in [2.45, 2.75) is 46.1 Å². The van der Waals surface area contributed by atoms with Crippen LogP contribution >= 0.6 is 0 Å². The third-order valence-corrected chi connectivity index (χ3v) is 5.19. The summed E-state index contributed by atoms with van der Waals surface area (Å²) in [4.78, 5) is 15.9. The van der Waals surface area contributed by atoms with Gasteiger partial charge in [0.15, 0.2) is 0 Å². The molecule has 1 amide bonds. The Balaban J connectivity index is 1.98. The molecule has 0 N–H and O–H groups in total. The van der Waals surface area contributed by atoms with E-state index in [0.29, 0.717) is 0 Å². The minimum Gasteiger partial charge on any atom is -0.343 e. The quantitative estimate of drug-likeness (QED) is 0.798. The molecule has 0 unspecified atom stereocenters. The second-order valence-electron chi connectivity index (χ2n) is 7.61. The van der Waals surface area contributed by atoms with E-state index in [1.165, 1.54) is 5.57 Å². The van der Waals surface area contributed by atoms with Crippen LogP contribution in [0.25, 0.3) is 0 Å². The number of nitrogens with zero attached hydrogens (tertiary/aromatic N) is 2. The number of allylic oxidation sites excluding steroid dienone is 4. The molecule has 1 fully saturated rings. The summed E-state index contributed by atoms with van der Waals surface area (Å²) in [5.74, 6) is 0.200. The lowest BCUT2D eigenvalue weighted by atomic mass is 9.87. The Bertz CT molecular complexity index is 506. The number of carbonyl (C=O) groups is 1. The third-order valence-electron chi connectivity index (χ3n) is 5.19. The molecule has 3 heteroatoms. The molecule has 0 radical (unpaired) electrons. The predicted octanol–water partition coefficient (Wildman–Crippen LogP) is 3.40. The maximum Gasteiger partial charge on any atom is 0.219 e. The number of rotatable bonds is 3. The molecule has 0 bridgehead atoms. The van der Waals surface area contributed by atoms with Crippen molar-refractivity contribution < 1.29 is 4.79 Å². The van der Waals surface area contributed by atoms with Gasteiger partial charge in [-0.2, -0.15) is 0 Å². The maximum atomic E-state index is 11.5. The largest absolute Gasteiger partial charge is 0.343 e. The normalized spacial score (nSPS) is 23.4. The smallest absolute Gasteiger partial charge is 0.219 e. The summed E-state index contributed by atoms with van der Waals surface area (Å²) < 4.78 is 0. The van der Waals surface area contributed by atoms with Crippen LogP contribution in [0.15, 0.2) is 36.0 Å². The highest BCUT2D eigenvalue weighted by Crippen LogP contribution is 2.29. The van der Waals surface area contributed by atoms with Crippen molar-refractivity contribution in [3.63, 3.8) is 0 Å². The molecule has 0 aromatic carbocycles. The molecule has 2 aliphatic rings. The molecule has 3 nitrogen and oxygen atoms in total. The molecule has 1 aliphatic carbocycles. The van der Waals surface area contributed by atoms with Crippen LogP contribution in [0.4, 0.5) is 0 Å². The van der Waals surface area contributed by atoms with E-state index in [9.17, 15) is 4.79 Å². The Morgan fingerprint density at radius 2 is 1.86 bits per heavy atom. The van der Waals surface area contributed by atoms with Crippen molar-refractivity contribution in [3.05, 3.63) is 36.0 Å². The van der Waals surface area contributed by atoms with Gasteiger partial charge < -0.3 is 4.90 Å². The van der Waals surface area contributed by atoms with E-state index in [1.807, 2.05) is 4.90 Å². The number of likely N-dealkylation sites (tertiary alicyclic amines) is 1. The standard InChI is InChI=1S/C19H30N2O/c1-16(22)21-13-11-19(4,12-14-21)20(5)15-17-7-6-9-18(2,3)10-8-17/h6-10H,11-15H2,1-5H3. The molecule has 1 heterocycles. The molecular weight excluding hydrogens is 272 g/mol. The Kier molecular flexibility index (Phi) is 4.96. The van der Waals surface area contributed by atoms with Crippen molar-refractivity contribution in [1.29, 1.82) is 0 Å². The molecule has 122 valence electrons. The second kappa shape index (κ2) is 6.41. The van der Waals surface area contributed by atoms with Crippen LogP contribution in [0.5, 0.6) is 0 Å². The first-order valence-electron chi connectivity index (χ1n) is 8.26. The molecule has 0 atom stereocenters. The lowest BCUT2D eigenvalue weighted by Crippen LogP contribution is -2.53. The Morgan fingerprint density at radius 1 is 1.23 bits per heavy atom. The van der Waals surface area contributed by atoms with Gasteiger partial charge in [0, 0.05) is 37.5 Å². The maximum absolute atomic E-state index is 11.5. The predicted molar refractivity (Wildman–Crippen MR) is 92.7 cm³/mol. The van der Waals surface area contributed by atoms with Gasteiger partial charge in [0.25, 0.3) is 0 Å². The van der Waals surface area contributed by atoms with Gasteiger partial charge in [-0.15, -0.1) is 0 Å². The van der Waals surface area contributed by atoms with E-state index in [-0.39, 0.29) is 16.9 Å². The molecule has 0 saturated carbocycles. The van der Waals surface area contributed by atoms with Crippen LogP contribution in [0.1, 0.15) is 40.5 Å². The van der Waals surface area contributed by atoms with E-state index in [0.717, 1.165) is 32.5 Å². The summed E-state index contributed by atoms with van der Waals surface area (Å²) in [7, 11) is 2.21. The van der Waals surface area contributed by atoms with Gasteiger partial charge in [-0.3, -0.25) is 9.69 Å². The number of hydrogen-bond donors (Lipinski definition) is 0. The zero-order valence-corrected chi connectivity index (χ0v) is 14.7. The van der Waals surface area contributed by atoms with E-state index < -0.39 is 0 Å². The van der Waals surface area contributed by atoms with Crippen molar-refractivity contribution in [3.8, 4) is 0 Å². The minimum atomic E-state index is 0.132. The van der Waals surface area contributed by atoms with Gasteiger partial charge in [-0.05, 0) is 32.4 Å². The van der Waals surface area contributed by atoms with Gasteiger partial charge in [-0.25, -0.2) is 0 Å². The van der Waals surface area contributed by atoms with Crippen molar-refractivity contribution in [2.24, 2.45) is 5.41 Å². The van der Waals surface area contributed by atoms with Crippen molar-refractivity contribution in [2.75, 3.05) is 26.7 Å². The Labute approximate surface area is 135 Å². The summed E-state index contributed by atoms with van der Waals surface area (Å²) in [6, 6.07) is 0. The number of carbonyl (C=O) groups excluding carboxylic acids is 1.